The normalized spacial score (nSPS) is 13.5. The Kier molecular flexibility index (Phi) is 1.87. The first-order chi connectivity index (χ1) is 4.63. The lowest BCUT2D eigenvalue weighted by molar-refractivity contribution is 0.527. The highest BCUT2D eigenvalue weighted by Gasteiger charge is 2.00. The molecule has 0 aliphatic heterocycles. The Balaban J connectivity index is 3.17. The van der Waals surface area contributed by atoms with E-state index < -0.39 is 11.1 Å². The minimum absolute atomic E-state index is 0.220. The first-order valence-corrected chi connectivity index (χ1v) is 3.78. The van der Waals surface area contributed by atoms with E-state index in [9.17, 15) is 8.76 Å². The maximum atomic E-state index is 10.4. The molecule has 1 atom stereocenters. The van der Waals surface area contributed by atoms with Crippen molar-refractivity contribution in [3.63, 3.8) is 0 Å². The Morgan fingerprint density at radius 2 is 2.40 bits per heavy atom. The van der Waals surface area contributed by atoms with Gasteiger partial charge in [-0.05, 0) is 18.0 Å². The monoisotopic (exact) mass is 159 g/mol. The van der Waals surface area contributed by atoms with Crippen molar-refractivity contribution in [1.29, 1.82) is 0 Å². The smallest absolute Gasteiger partial charge is 0.112 e. The van der Waals surface area contributed by atoms with E-state index >= 15 is 0 Å². The summed E-state index contributed by atoms with van der Waals surface area (Å²) in [6.45, 7) is 1.75. The van der Waals surface area contributed by atoms with E-state index in [2.05, 4.69) is 4.98 Å². The topological polar surface area (TPSA) is 57.9 Å². The van der Waals surface area contributed by atoms with Crippen molar-refractivity contribution in [1.82, 2.24) is 9.55 Å². The third-order valence-corrected chi connectivity index (χ3v) is 2.07. The number of aryl methyl sites for hydroxylation is 1. The maximum absolute atomic E-state index is 10.4. The van der Waals surface area contributed by atoms with Crippen LogP contribution in [0.1, 0.15) is 5.82 Å². The Morgan fingerprint density at radius 3 is 2.60 bits per heavy atom. The second-order valence-electron chi connectivity index (χ2n) is 1.94. The van der Waals surface area contributed by atoms with Crippen LogP contribution in [0.25, 0.3) is 0 Å². The Hall–Kier alpha value is -0.680. The molecule has 0 aliphatic carbocycles. The lowest BCUT2D eigenvalue weighted by Crippen LogP contribution is -1.99. The molecule has 0 saturated carbocycles. The molecule has 0 aromatic carbocycles. The van der Waals surface area contributed by atoms with Crippen molar-refractivity contribution >= 4 is 11.1 Å². The zero-order chi connectivity index (χ0) is 7.72. The molecule has 1 rings (SSSR count). The average molecular weight is 159 g/mol. The second kappa shape index (κ2) is 2.51. The van der Waals surface area contributed by atoms with Gasteiger partial charge in [-0.3, -0.25) is 4.21 Å². The van der Waals surface area contributed by atoms with Crippen LogP contribution >= 0.6 is 0 Å². The Bertz CT molecular complexity index is 269. The molecule has 0 aliphatic rings. The van der Waals surface area contributed by atoms with Crippen LogP contribution in [-0.2, 0) is 18.1 Å². The van der Waals surface area contributed by atoms with Crippen LogP contribution < -0.4 is 0 Å². The van der Waals surface area contributed by atoms with Crippen LogP contribution in [0.15, 0.2) is 11.2 Å². The van der Waals surface area contributed by atoms with Crippen LogP contribution in [-0.4, -0.2) is 18.3 Å². The number of hydrogen-bond donors (Lipinski definition) is 0. The van der Waals surface area contributed by atoms with Gasteiger partial charge in [0.1, 0.15) is 10.9 Å². The first kappa shape index (κ1) is 7.43. The minimum atomic E-state index is -2.17. The summed E-state index contributed by atoms with van der Waals surface area (Å²) in [6, 6.07) is 0. The highest BCUT2D eigenvalue weighted by atomic mass is 32.2. The van der Waals surface area contributed by atoms with Crippen LogP contribution in [0.2, 0.25) is 0 Å². The van der Waals surface area contributed by atoms with Crippen LogP contribution in [0, 0.1) is 6.92 Å². The summed E-state index contributed by atoms with van der Waals surface area (Å²) in [6.07, 6.45) is 1.33. The molecule has 10 heavy (non-hydrogen) atoms. The van der Waals surface area contributed by atoms with E-state index in [0.717, 1.165) is 0 Å². The highest BCUT2D eigenvalue weighted by Crippen LogP contribution is 2.04. The van der Waals surface area contributed by atoms with Crippen molar-refractivity contribution in [3.05, 3.63) is 12.0 Å². The molecular formula is C5H7N2O2S-. The first-order valence-electron chi connectivity index (χ1n) is 2.70. The van der Waals surface area contributed by atoms with E-state index in [0.29, 0.717) is 5.82 Å². The molecule has 5 heteroatoms. The minimum Gasteiger partial charge on any atom is -0.767 e. The molecule has 1 unspecified atom stereocenters. The zero-order valence-electron chi connectivity index (χ0n) is 5.70. The number of nitrogens with zero attached hydrogens (tertiary/aromatic N) is 2. The molecule has 1 aromatic heterocycles. The summed E-state index contributed by atoms with van der Waals surface area (Å²) in [7, 11) is 1.66. The summed E-state index contributed by atoms with van der Waals surface area (Å²) in [5.74, 6) is 0.694. The largest absolute Gasteiger partial charge is 0.767 e. The van der Waals surface area contributed by atoms with Crippen LogP contribution in [0.3, 0.4) is 0 Å². The molecule has 0 radical (unpaired) electrons. The molecular weight excluding hydrogens is 152 g/mol. The molecule has 4 nitrogen and oxygen atoms in total. The molecule has 0 spiro atoms. The molecule has 56 valence electrons. The quantitative estimate of drug-likeness (QED) is 0.540. The fraction of sp³-hybridized carbons (Fsp3) is 0.400. The predicted octanol–water partition coefficient (Wildman–Crippen LogP) is -0.0335. The van der Waals surface area contributed by atoms with Crippen molar-refractivity contribution in [2.45, 2.75) is 11.9 Å². The number of imidazole rings is 1. The number of hydrogen-bond acceptors (Lipinski definition) is 3. The van der Waals surface area contributed by atoms with E-state index in [-0.39, 0.29) is 5.03 Å². The van der Waals surface area contributed by atoms with Crippen molar-refractivity contribution in [2.24, 2.45) is 7.05 Å². The summed E-state index contributed by atoms with van der Waals surface area (Å²) in [4.78, 5) is 3.81. The SMILES string of the molecule is Cc1ncc(S(=O)[O-])n1C. The molecule has 0 bridgehead atoms. The van der Waals surface area contributed by atoms with Gasteiger partial charge in [0.05, 0.1) is 6.20 Å². The Morgan fingerprint density at radius 1 is 1.80 bits per heavy atom. The lowest BCUT2D eigenvalue weighted by Gasteiger charge is -2.04. The lowest BCUT2D eigenvalue weighted by atomic mass is 10.7. The van der Waals surface area contributed by atoms with Gasteiger partial charge in [-0.25, -0.2) is 4.98 Å². The van der Waals surface area contributed by atoms with Gasteiger partial charge < -0.3 is 9.12 Å². The average Bonchev–Trinajstić information content (AvgIpc) is 2.14. The van der Waals surface area contributed by atoms with E-state index in [1.54, 1.807) is 14.0 Å². The van der Waals surface area contributed by atoms with Crippen LogP contribution in [0.4, 0.5) is 0 Å². The zero-order valence-corrected chi connectivity index (χ0v) is 6.51. The standard InChI is InChI=1S/C5H8N2O2S/c1-4-6-3-5(7(4)2)10(8)9/h3H,1-2H3,(H,8,9)/p-1. The van der Waals surface area contributed by atoms with Gasteiger partial charge in [-0.15, -0.1) is 0 Å². The summed E-state index contributed by atoms with van der Waals surface area (Å²) in [5.41, 5.74) is 0. The van der Waals surface area contributed by atoms with Gasteiger partial charge in [-0.2, -0.15) is 0 Å². The molecule has 0 amide bonds. The predicted molar refractivity (Wildman–Crippen MR) is 35.1 cm³/mol. The molecule has 1 aromatic rings. The fourth-order valence-corrected chi connectivity index (χ4v) is 1.13. The van der Waals surface area contributed by atoms with Gasteiger partial charge in [0.25, 0.3) is 0 Å². The van der Waals surface area contributed by atoms with E-state index in [4.69, 9.17) is 0 Å². The van der Waals surface area contributed by atoms with Crippen LogP contribution in [0.5, 0.6) is 0 Å². The second-order valence-corrected chi connectivity index (χ2v) is 2.83. The van der Waals surface area contributed by atoms with E-state index in [1.807, 2.05) is 0 Å². The number of rotatable bonds is 1. The maximum Gasteiger partial charge on any atom is 0.112 e. The molecule has 1 heterocycles. The molecule has 0 fully saturated rings. The molecule has 0 saturated heterocycles. The van der Waals surface area contributed by atoms with E-state index in [1.165, 1.54) is 10.8 Å². The van der Waals surface area contributed by atoms with Gasteiger partial charge >= 0.3 is 0 Å². The third-order valence-electron chi connectivity index (χ3n) is 1.35. The van der Waals surface area contributed by atoms with Crippen molar-refractivity contribution < 1.29 is 8.76 Å². The third kappa shape index (κ3) is 1.10. The highest BCUT2D eigenvalue weighted by molar-refractivity contribution is 7.79. The van der Waals surface area contributed by atoms with Gasteiger partial charge in [0.15, 0.2) is 0 Å². The van der Waals surface area contributed by atoms with Crippen molar-refractivity contribution in [2.75, 3.05) is 0 Å². The summed E-state index contributed by atoms with van der Waals surface area (Å²) < 4.78 is 22.3. The van der Waals surface area contributed by atoms with Gasteiger partial charge in [-0.1, -0.05) is 0 Å². The number of aromatic nitrogens is 2. The fourth-order valence-electron chi connectivity index (χ4n) is 0.636. The summed E-state index contributed by atoms with van der Waals surface area (Å²) in [5, 5.41) is 0.220. The van der Waals surface area contributed by atoms with Gasteiger partial charge in [0.2, 0.25) is 0 Å². The van der Waals surface area contributed by atoms with Gasteiger partial charge in [0, 0.05) is 7.05 Å². The van der Waals surface area contributed by atoms with Crippen molar-refractivity contribution in [3.8, 4) is 0 Å². The summed E-state index contributed by atoms with van der Waals surface area (Å²) >= 11 is -2.17. The molecule has 0 N–H and O–H groups in total. The Labute approximate surface area is 61.2 Å².